The fourth-order valence-electron chi connectivity index (χ4n) is 3.96. The van der Waals surface area contributed by atoms with E-state index in [2.05, 4.69) is 15.6 Å². The van der Waals surface area contributed by atoms with Crippen molar-refractivity contribution in [2.75, 3.05) is 10.6 Å². The maximum atomic E-state index is 13.1. The van der Waals surface area contributed by atoms with E-state index in [1.54, 1.807) is 12.1 Å². The lowest BCUT2D eigenvalue weighted by molar-refractivity contribution is -0.115. The third kappa shape index (κ3) is 5.95. The highest BCUT2D eigenvalue weighted by molar-refractivity contribution is 8.00. The molecule has 0 fully saturated rings. The van der Waals surface area contributed by atoms with Crippen LogP contribution in [0.15, 0.2) is 106 Å². The molecular formula is C31H27N3O3S. The molecule has 0 aliphatic heterocycles. The van der Waals surface area contributed by atoms with Gasteiger partial charge in [0.05, 0.1) is 5.25 Å². The fourth-order valence-corrected chi connectivity index (χ4v) is 4.97. The minimum atomic E-state index is -0.297. The molecule has 1 aromatic heterocycles. The van der Waals surface area contributed by atoms with Crippen LogP contribution in [0.3, 0.4) is 0 Å². The van der Waals surface area contributed by atoms with Crippen molar-refractivity contribution in [3.8, 4) is 11.5 Å². The number of hydrogen-bond acceptors (Lipinski definition) is 5. The highest BCUT2D eigenvalue weighted by Gasteiger charge is 2.19. The minimum absolute atomic E-state index is 0.0822. The van der Waals surface area contributed by atoms with Gasteiger partial charge in [0.1, 0.15) is 5.52 Å². The smallest absolute Gasteiger partial charge is 0.255 e. The van der Waals surface area contributed by atoms with Crippen LogP contribution in [0.1, 0.15) is 29.3 Å². The number of thioether (sulfide) groups is 1. The molecule has 2 N–H and O–H groups in total. The van der Waals surface area contributed by atoms with Crippen LogP contribution in [0.5, 0.6) is 0 Å². The molecule has 190 valence electrons. The van der Waals surface area contributed by atoms with Gasteiger partial charge in [-0.05, 0) is 80.1 Å². The molecule has 0 bridgehead atoms. The van der Waals surface area contributed by atoms with E-state index in [1.165, 1.54) is 11.8 Å². The third-order valence-corrected chi connectivity index (χ3v) is 7.40. The number of aromatic nitrogens is 1. The minimum Gasteiger partial charge on any atom is -0.436 e. The summed E-state index contributed by atoms with van der Waals surface area (Å²) in [6.45, 7) is 3.97. The van der Waals surface area contributed by atoms with E-state index < -0.39 is 0 Å². The van der Waals surface area contributed by atoms with Gasteiger partial charge in [0.25, 0.3) is 5.91 Å². The predicted molar refractivity (Wildman–Crippen MR) is 154 cm³/mol. The van der Waals surface area contributed by atoms with Crippen LogP contribution in [0.2, 0.25) is 0 Å². The molecule has 1 atom stereocenters. The summed E-state index contributed by atoms with van der Waals surface area (Å²) in [5, 5.41) is 5.65. The average molecular weight is 522 g/mol. The van der Waals surface area contributed by atoms with E-state index in [4.69, 9.17) is 4.42 Å². The van der Waals surface area contributed by atoms with Crippen molar-refractivity contribution in [2.24, 2.45) is 0 Å². The Labute approximate surface area is 225 Å². The van der Waals surface area contributed by atoms with Gasteiger partial charge in [-0.2, -0.15) is 0 Å². The number of nitrogens with zero attached hydrogens (tertiary/aromatic N) is 1. The van der Waals surface area contributed by atoms with Gasteiger partial charge >= 0.3 is 0 Å². The number of oxazole rings is 1. The largest absolute Gasteiger partial charge is 0.436 e. The van der Waals surface area contributed by atoms with E-state index in [-0.39, 0.29) is 17.1 Å². The Bertz CT molecular complexity index is 1540. The summed E-state index contributed by atoms with van der Waals surface area (Å²) in [5.74, 6) is 0.292. The van der Waals surface area contributed by atoms with Gasteiger partial charge in [-0.15, -0.1) is 11.8 Å². The second-order valence-electron chi connectivity index (χ2n) is 8.92. The molecule has 0 spiro atoms. The molecule has 38 heavy (non-hydrogen) atoms. The molecule has 0 aliphatic rings. The van der Waals surface area contributed by atoms with Crippen molar-refractivity contribution >= 4 is 46.1 Å². The highest BCUT2D eigenvalue weighted by Crippen LogP contribution is 2.30. The van der Waals surface area contributed by atoms with Crippen LogP contribution in [-0.4, -0.2) is 22.0 Å². The van der Waals surface area contributed by atoms with Gasteiger partial charge in [0, 0.05) is 27.4 Å². The summed E-state index contributed by atoms with van der Waals surface area (Å²) < 4.78 is 5.83. The molecule has 6 nitrogen and oxygen atoms in total. The zero-order chi connectivity index (χ0) is 26.5. The Balaban J connectivity index is 1.21. The number of carbonyl (C=O) groups excluding carboxylic acids is 2. The second-order valence-corrected chi connectivity index (χ2v) is 10.2. The van der Waals surface area contributed by atoms with Crippen molar-refractivity contribution in [1.29, 1.82) is 0 Å². The fraction of sp³-hybridized carbons (Fsp3) is 0.129. The van der Waals surface area contributed by atoms with Gasteiger partial charge in [0.2, 0.25) is 11.8 Å². The van der Waals surface area contributed by atoms with Crippen LogP contribution >= 0.6 is 11.8 Å². The number of carbonyl (C=O) groups is 2. The zero-order valence-electron chi connectivity index (χ0n) is 21.1. The first-order valence-electron chi connectivity index (χ1n) is 12.4. The van der Waals surface area contributed by atoms with Crippen molar-refractivity contribution in [2.45, 2.75) is 30.4 Å². The molecule has 0 radical (unpaired) electrons. The summed E-state index contributed by atoms with van der Waals surface area (Å²) in [6, 6.07) is 30.1. The van der Waals surface area contributed by atoms with Crippen LogP contribution in [0.25, 0.3) is 22.6 Å². The maximum Gasteiger partial charge on any atom is 0.255 e. The molecule has 5 rings (SSSR count). The number of amides is 2. The van der Waals surface area contributed by atoms with E-state index in [1.807, 2.05) is 98.8 Å². The van der Waals surface area contributed by atoms with Gasteiger partial charge in [-0.1, -0.05) is 42.8 Å². The summed E-state index contributed by atoms with van der Waals surface area (Å²) >= 11 is 1.47. The molecular weight excluding hydrogens is 494 g/mol. The summed E-state index contributed by atoms with van der Waals surface area (Å²) in [6.07, 6.45) is 0.650. The van der Waals surface area contributed by atoms with Crippen LogP contribution in [0, 0.1) is 6.92 Å². The van der Waals surface area contributed by atoms with Gasteiger partial charge in [-0.25, -0.2) is 4.98 Å². The van der Waals surface area contributed by atoms with Gasteiger partial charge in [0.15, 0.2) is 5.58 Å². The SMILES string of the molecule is CCC(Sc1cccc(NC(=O)c2ccc(C)cc2)c1)C(=O)Nc1ccc(-c2nc3ccccc3o2)cc1. The first kappa shape index (κ1) is 25.3. The summed E-state index contributed by atoms with van der Waals surface area (Å²) in [7, 11) is 0. The van der Waals surface area contributed by atoms with E-state index in [0.29, 0.717) is 29.2 Å². The van der Waals surface area contributed by atoms with Crippen LogP contribution < -0.4 is 10.6 Å². The molecule has 0 aliphatic carbocycles. The maximum absolute atomic E-state index is 13.1. The lowest BCUT2D eigenvalue weighted by atomic mass is 10.1. The zero-order valence-corrected chi connectivity index (χ0v) is 21.9. The lowest BCUT2D eigenvalue weighted by Gasteiger charge is -2.15. The molecule has 1 unspecified atom stereocenters. The Morgan fingerprint density at radius 1 is 0.868 bits per heavy atom. The molecule has 0 saturated carbocycles. The number of nitrogens with one attached hydrogen (secondary N) is 2. The third-order valence-electron chi connectivity index (χ3n) is 6.04. The van der Waals surface area contributed by atoms with Gasteiger partial charge < -0.3 is 15.1 Å². The van der Waals surface area contributed by atoms with E-state index in [9.17, 15) is 9.59 Å². The first-order chi connectivity index (χ1) is 18.5. The highest BCUT2D eigenvalue weighted by atomic mass is 32.2. The topological polar surface area (TPSA) is 84.2 Å². The van der Waals surface area contributed by atoms with E-state index in [0.717, 1.165) is 27.1 Å². The normalized spacial score (nSPS) is 11.7. The number of benzene rings is 4. The number of hydrogen-bond donors (Lipinski definition) is 2. The van der Waals surface area contributed by atoms with Crippen LogP contribution in [0.4, 0.5) is 11.4 Å². The number of rotatable bonds is 8. The Morgan fingerprint density at radius 2 is 1.63 bits per heavy atom. The van der Waals surface area contributed by atoms with Crippen molar-refractivity contribution in [3.63, 3.8) is 0 Å². The number of fused-ring (bicyclic) bond motifs is 1. The number of aryl methyl sites for hydroxylation is 1. The Morgan fingerprint density at radius 3 is 2.37 bits per heavy atom. The standard InChI is InChI=1S/C31H27N3O3S/c1-3-28(38-25-8-6-7-24(19-25)33-29(35)21-13-11-20(2)12-14-21)30(36)32-23-17-15-22(16-18-23)31-34-26-9-4-5-10-27(26)37-31/h4-19,28H,3H2,1-2H3,(H,32,36)(H,33,35). The van der Waals surface area contributed by atoms with Crippen molar-refractivity contribution in [3.05, 3.63) is 108 Å². The quantitative estimate of drug-likeness (QED) is 0.206. The molecule has 4 aromatic carbocycles. The summed E-state index contributed by atoms with van der Waals surface area (Å²) in [4.78, 5) is 31.1. The van der Waals surface area contributed by atoms with E-state index >= 15 is 0 Å². The molecule has 0 saturated heterocycles. The first-order valence-corrected chi connectivity index (χ1v) is 13.3. The average Bonchev–Trinajstić information content (AvgIpc) is 3.37. The van der Waals surface area contributed by atoms with Crippen molar-refractivity contribution in [1.82, 2.24) is 4.98 Å². The molecule has 5 aromatic rings. The summed E-state index contributed by atoms with van der Waals surface area (Å²) in [5.41, 5.74) is 5.47. The monoisotopic (exact) mass is 521 g/mol. The van der Waals surface area contributed by atoms with Gasteiger partial charge in [-0.3, -0.25) is 9.59 Å². The lowest BCUT2D eigenvalue weighted by Crippen LogP contribution is -2.24. The Kier molecular flexibility index (Phi) is 7.56. The predicted octanol–water partition coefficient (Wildman–Crippen LogP) is 7.56. The number of anilines is 2. The van der Waals surface area contributed by atoms with Crippen molar-refractivity contribution < 1.29 is 14.0 Å². The molecule has 7 heteroatoms. The molecule has 2 amide bonds. The number of para-hydroxylation sites is 2. The van der Waals surface area contributed by atoms with Crippen LogP contribution in [-0.2, 0) is 4.79 Å². The second kappa shape index (κ2) is 11.4. The molecule has 1 heterocycles. The Hall–Kier alpha value is -4.36.